The van der Waals surface area contributed by atoms with Gasteiger partial charge in [0.2, 0.25) is 11.7 Å². The average molecular weight is 391 g/mol. The molecule has 1 amide bonds. The van der Waals surface area contributed by atoms with Gasteiger partial charge in [0.15, 0.2) is 11.5 Å². The number of nitrogens with one attached hydrogen (secondary N) is 1. The number of nitrogens with zero attached hydrogens (tertiary/aromatic N) is 2. The topological polar surface area (TPSA) is 74.6 Å². The van der Waals surface area contributed by atoms with E-state index < -0.39 is 0 Å². The molecule has 0 atom stereocenters. The van der Waals surface area contributed by atoms with Crippen molar-refractivity contribution in [2.45, 2.75) is 6.54 Å². The van der Waals surface area contributed by atoms with Gasteiger partial charge in [0.25, 0.3) is 0 Å². The predicted octanol–water partition coefficient (Wildman–Crippen LogP) is 2.98. The largest absolute Gasteiger partial charge is 0.493 e. The summed E-state index contributed by atoms with van der Waals surface area (Å²) in [6, 6.07) is 13.4. The van der Waals surface area contributed by atoms with Crippen LogP contribution in [0.4, 0.5) is 0 Å². The van der Waals surface area contributed by atoms with Crippen LogP contribution in [0.25, 0.3) is 11.8 Å². The van der Waals surface area contributed by atoms with Crippen LogP contribution in [0, 0.1) is 0 Å². The molecular formula is C22H21N3O4. The van der Waals surface area contributed by atoms with E-state index in [1.165, 1.54) is 6.08 Å². The van der Waals surface area contributed by atoms with Crippen molar-refractivity contribution in [3.05, 3.63) is 72.1 Å². The average Bonchev–Trinajstić information content (AvgIpc) is 3.25. The van der Waals surface area contributed by atoms with Crippen LogP contribution in [0.3, 0.4) is 0 Å². The molecule has 7 nitrogen and oxygen atoms in total. The van der Waals surface area contributed by atoms with Crippen LogP contribution in [0.1, 0.15) is 11.1 Å². The Morgan fingerprint density at radius 3 is 2.90 bits per heavy atom. The third-order valence-electron chi connectivity index (χ3n) is 4.40. The molecule has 7 heteroatoms. The maximum Gasteiger partial charge on any atom is 0.244 e. The lowest BCUT2D eigenvalue weighted by molar-refractivity contribution is -0.116. The molecule has 0 saturated carbocycles. The van der Waals surface area contributed by atoms with E-state index in [2.05, 4.69) is 10.4 Å². The fourth-order valence-electron chi connectivity index (χ4n) is 2.98. The molecule has 1 aliphatic rings. The highest BCUT2D eigenvalue weighted by Crippen LogP contribution is 2.40. The number of ether oxygens (including phenoxy) is 3. The Labute approximate surface area is 168 Å². The number of para-hydroxylation sites is 1. The number of rotatable bonds is 6. The van der Waals surface area contributed by atoms with Gasteiger partial charge in [0, 0.05) is 24.4 Å². The Balaban J connectivity index is 1.38. The Morgan fingerprint density at radius 1 is 1.24 bits per heavy atom. The van der Waals surface area contributed by atoms with E-state index in [9.17, 15) is 4.79 Å². The number of aromatic nitrogens is 2. The maximum atomic E-state index is 12.2. The molecule has 29 heavy (non-hydrogen) atoms. The van der Waals surface area contributed by atoms with E-state index in [4.69, 9.17) is 14.2 Å². The number of fused-ring (bicyclic) bond motifs is 1. The van der Waals surface area contributed by atoms with Gasteiger partial charge in [0.1, 0.15) is 13.2 Å². The molecule has 0 aliphatic carbocycles. The van der Waals surface area contributed by atoms with Crippen LogP contribution in [0.5, 0.6) is 17.2 Å². The number of hydrogen-bond acceptors (Lipinski definition) is 5. The summed E-state index contributed by atoms with van der Waals surface area (Å²) in [5.74, 6) is 1.58. The summed E-state index contributed by atoms with van der Waals surface area (Å²) in [4.78, 5) is 12.2. The molecule has 0 radical (unpaired) electrons. The molecule has 1 aliphatic heterocycles. The molecule has 4 rings (SSSR count). The molecule has 1 aromatic heterocycles. The molecule has 2 heterocycles. The first-order valence-electron chi connectivity index (χ1n) is 9.25. The fraction of sp³-hybridized carbons (Fsp3) is 0.182. The van der Waals surface area contributed by atoms with Gasteiger partial charge in [-0.15, -0.1) is 0 Å². The maximum absolute atomic E-state index is 12.2. The molecule has 2 aromatic carbocycles. The summed E-state index contributed by atoms with van der Waals surface area (Å²) in [7, 11) is 1.57. The summed E-state index contributed by atoms with van der Waals surface area (Å²) in [5.41, 5.74) is 2.67. The zero-order valence-corrected chi connectivity index (χ0v) is 16.0. The fourth-order valence-corrected chi connectivity index (χ4v) is 2.98. The summed E-state index contributed by atoms with van der Waals surface area (Å²) in [5, 5.41) is 7.18. The molecule has 0 bridgehead atoms. The third-order valence-corrected chi connectivity index (χ3v) is 4.40. The number of benzene rings is 2. The van der Waals surface area contributed by atoms with Crippen LogP contribution in [0.2, 0.25) is 0 Å². The first-order chi connectivity index (χ1) is 14.2. The van der Waals surface area contributed by atoms with Gasteiger partial charge in [-0.05, 0) is 35.9 Å². The molecule has 3 aromatic rings. The highest BCUT2D eigenvalue weighted by molar-refractivity contribution is 5.91. The van der Waals surface area contributed by atoms with Gasteiger partial charge in [0.05, 0.1) is 19.0 Å². The molecule has 0 saturated heterocycles. The monoisotopic (exact) mass is 391 g/mol. The smallest absolute Gasteiger partial charge is 0.244 e. The van der Waals surface area contributed by atoms with E-state index >= 15 is 0 Å². The van der Waals surface area contributed by atoms with Crippen LogP contribution in [0.15, 0.2) is 60.9 Å². The molecule has 1 N–H and O–H groups in total. The lowest BCUT2D eigenvalue weighted by Gasteiger charge is -2.20. The molecule has 0 unspecified atom stereocenters. The summed E-state index contributed by atoms with van der Waals surface area (Å²) >= 11 is 0. The van der Waals surface area contributed by atoms with Gasteiger partial charge in [-0.1, -0.05) is 18.2 Å². The van der Waals surface area contributed by atoms with E-state index in [0.717, 1.165) is 16.8 Å². The van der Waals surface area contributed by atoms with Gasteiger partial charge < -0.3 is 19.5 Å². The number of carbonyl (C=O) groups excluding carboxylic acids is 1. The minimum absolute atomic E-state index is 0.202. The first kappa shape index (κ1) is 18.6. The highest BCUT2D eigenvalue weighted by atomic mass is 16.6. The lowest BCUT2D eigenvalue weighted by Crippen LogP contribution is -2.19. The van der Waals surface area contributed by atoms with Crippen molar-refractivity contribution in [3.63, 3.8) is 0 Å². The van der Waals surface area contributed by atoms with Crippen LogP contribution >= 0.6 is 0 Å². The van der Waals surface area contributed by atoms with E-state index in [1.807, 2.05) is 42.6 Å². The van der Waals surface area contributed by atoms with Crippen molar-refractivity contribution in [2.75, 3.05) is 20.3 Å². The number of carbonyl (C=O) groups is 1. The van der Waals surface area contributed by atoms with Crippen LogP contribution in [-0.2, 0) is 11.3 Å². The SMILES string of the molecule is COc1cc(/C=C/C(=O)NCc2cnn(-c3ccccc3)c2)cc2c1OCCO2. The molecular weight excluding hydrogens is 370 g/mol. The molecule has 0 spiro atoms. The van der Waals surface area contributed by atoms with Crippen molar-refractivity contribution in [1.29, 1.82) is 0 Å². The summed E-state index contributed by atoms with van der Waals surface area (Å²) in [6.45, 7) is 1.36. The van der Waals surface area contributed by atoms with Crippen LogP contribution < -0.4 is 19.5 Å². The highest BCUT2D eigenvalue weighted by Gasteiger charge is 2.17. The van der Waals surface area contributed by atoms with Gasteiger partial charge in [-0.2, -0.15) is 5.10 Å². The van der Waals surface area contributed by atoms with Crippen molar-refractivity contribution < 1.29 is 19.0 Å². The summed E-state index contributed by atoms with van der Waals surface area (Å²) in [6.07, 6.45) is 6.82. The van der Waals surface area contributed by atoms with Gasteiger partial charge in [-0.3, -0.25) is 4.79 Å². The Kier molecular flexibility index (Phi) is 5.47. The zero-order valence-electron chi connectivity index (χ0n) is 16.0. The van der Waals surface area contributed by atoms with Gasteiger partial charge in [-0.25, -0.2) is 4.68 Å². The zero-order chi connectivity index (χ0) is 20.1. The quantitative estimate of drug-likeness (QED) is 0.654. The normalized spacial score (nSPS) is 12.7. The van der Waals surface area contributed by atoms with Crippen molar-refractivity contribution in [3.8, 4) is 22.9 Å². The molecule has 148 valence electrons. The van der Waals surface area contributed by atoms with E-state index in [-0.39, 0.29) is 5.91 Å². The summed E-state index contributed by atoms with van der Waals surface area (Å²) < 4.78 is 18.3. The first-order valence-corrected chi connectivity index (χ1v) is 9.25. The number of hydrogen-bond donors (Lipinski definition) is 1. The third kappa shape index (κ3) is 4.40. The predicted molar refractivity (Wildman–Crippen MR) is 108 cm³/mol. The Bertz CT molecular complexity index is 1010. The number of amides is 1. The Morgan fingerprint density at radius 2 is 2.07 bits per heavy atom. The second kappa shape index (κ2) is 8.52. The van der Waals surface area contributed by atoms with Gasteiger partial charge >= 0.3 is 0 Å². The minimum Gasteiger partial charge on any atom is -0.493 e. The minimum atomic E-state index is -0.202. The molecule has 0 fully saturated rings. The lowest BCUT2D eigenvalue weighted by atomic mass is 10.1. The number of methoxy groups -OCH3 is 1. The van der Waals surface area contributed by atoms with Crippen molar-refractivity contribution in [2.24, 2.45) is 0 Å². The van der Waals surface area contributed by atoms with E-state index in [1.54, 1.807) is 30.1 Å². The van der Waals surface area contributed by atoms with Crippen molar-refractivity contribution in [1.82, 2.24) is 15.1 Å². The van der Waals surface area contributed by atoms with Crippen molar-refractivity contribution >= 4 is 12.0 Å². The van der Waals surface area contributed by atoms with Crippen LogP contribution in [-0.4, -0.2) is 36.0 Å². The standard InChI is InChI=1S/C22H21N3O4/c1-27-19-11-16(12-20-22(19)29-10-9-28-20)7-8-21(26)23-13-17-14-24-25(15-17)18-5-3-2-4-6-18/h2-8,11-12,14-15H,9-10,13H2,1H3,(H,23,26)/b8-7+. The van der Waals surface area contributed by atoms with E-state index in [0.29, 0.717) is 37.0 Å². The second-order valence-corrected chi connectivity index (χ2v) is 6.43. The Hall–Kier alpha value is -3.74. The second-order valence-electron chi connectivity index (χ2n) is 6.43.